The maximum Gasteiger partial charge on any atom is 0.320 e. The summed E-state index contributed by atoms with van der Waals surface area (Å²) in [4.78, 5) is 11.2. The monoisotopic (exact) mass is 267 g/mol. The number of halogens is 1. The highest BCUT2D eigenvalue weighted by atomic mass is 35.5. The van der Waals surface area contributed by atoms with Crippen LogP contribution in [0.25, 0.3) is 0 Å². The quantitative estimate of drug-likeness (QED) is 0.832. The summed E-state index contributed by atoms with van der Waals surface area (Å²) >= 11 is 5.98. The summed E-state index contributed by atoms with van der Waals surface area (Å²) < 4.78 is 0. The van der Waals surface area contributed by atoms with Crippen molar-refractivity contribution in [1.29, 1.82) is 0 Å². The van der Waals surface area contributed by atoms with E-state index in [0.29, 0.717) is 5.02 Å². The van der Waals surface area contributed by atoms with Gasteiger partial charge in [-0.15, -0.1) is 0 Å². The first-order chi connectivity index (χ1) is 8.61. The predicted octanol–water partition coefficient (Wildman–Crippen LogP) is 3.24. The summed E-state index contributed by atoms with van der Waals surface area (Å²) in [6.45, 7) is 2.05. The molecule has 1 aromatic carbocycles. The van der Waals surface area contributed by atoms with Crippen LogP contribution >= 0.6 is 11.6 Å². The number of carboxylic acids is 1. The van der Waals surface area contributed by atoms with Gasteiger partial charge in [0, 0.05) is 11.1 Å². The summed E-state index contributed by atoms with van der Waals surface area (Å²) in [5.74, 6) is -0.464. The number of benzene rings is 1. The lowest BCUT2D eigenvalue weighted by Gasteiger charge is -2.22. The van der Waals surface area contributed by atoms with Crippen LogP contribution in [0.15, 0.2) is 24.3 Å². The Kier molecular flexibility index (Phi) is 4.25. The first kappa shape index (κ1) is 13.4. The van der Waals surface area contributed by atoms with Gasteiger partial charge in [0.2, 0.25) is 0 Å². The van der Waals surface area contributed by atoms with E-state index in [1.807, 2.05) is 31.2 Å². The normalized spacial score (nSPS) is 18.3. The van der Waals surface area contributed by atoms with E-state index in [9.17, 15) is 9.90 Å². The Labute approximate surface area is 112 Å². The van der Waals surface area contributed by atoms with Crippen molar-refractivity contribution in [3.05, 3.63) is 34.9 Å². The fourth-order valence-electron chi connectivity index (χ4n) is 2.23. The average molecular weight is 268 g/mol. The highest BCUT2D eigenvalue weighted by Gasteiger charge is 2.37. The third-order valence-corrected chi connectivity index (χ3v) is 3.63. The second-order valence-corrected chi connectivity index (χ2v) is 5.27. The van der Waals surface area contributed by atoms with Crippen molar-refractivity contribution < 1.29 is 9.90 Å². The first-order valence-corrected chi connectivity index (χ1v) is 6.74. The fraction of sp³-hybridized carbons (Fsp3) is 0.500. The molecule has 4 heteroatoms. The molecule has 98 valence electrons. The minimum atomic E-state index is -0.752. The van der Waals surface area contributed by atoms with Crippen molar-refractivity contribution in [2.24, 2.45) is 5.92 Å². The third kappa shape index (κ3) is 3.24. The molecule has 0 spiro atoms. The van der Waals surface area contributed by atoms with E-state index in [1.165, 1.54) is 0 Å². The minimum Gasteiger partial charge on any atom is -0.480 e. The van der Waals surface area contributed by atoms with Gasteiger partial charge in [0.25, 0.3) is 0 Å². The predicted molar refractivity (Wildman–Crippen MR) is 71.8 cm³/mol. The van der Waals surface area contributed by atoms with E-state index in [1.54, 1.807) is 0 Å². The zero-order valence-corrected chi connectivity index (χ0v) is 11.2. The zero-order chi connectivity index (χ0) is 13.1. The molecule has 2 unspecified atom stereocenters. The van der Waals surface area contributed by atoms with Gasteiger partial charge in [-0.05, 0) is 42.9 Å². The van der Waals surface area contributed by atoms with Crippen molar-refractivity contribution in [3.63, 3.8) is 0 Å². The molecule has 0 saturated heterocycles. The van der Waals surface area contributed by atoms with Gasteiger partial charge in [-0.1, -0.05) is 30.7 Å². The summed E-state index contributed by atoms with van der Waals surface area (Å²) in [6.07, 6.45) is 2.86. The van der Waals surface area contributed by atoms with Crippen LogP contribution in [0.3, 0.4) is 0 Å². The molecule has 0 radical (unpaired) electrons. The summed E-state index contributed by atoms with van der Waals surface area (Å²) in [5.41, 5.74) is 1.05. The minimum absolute atomic E-state index is 0.0467. The molecule has 2 atom stereocenters. The van der Waals surface area contributed by atoms with Gasteiger partial charge >= 0.3 is 5.97 Å². The Morgan fingerprint density at radius 3 is 2.78 bits per heavy atom. The van der Waals surface area contributed by atoms with Gasteiger partial charge in [0.15, 0.2) is 0 Å². The van der Waals surface area contributed by atoms with Crippen molar-refractivity contribution in [2.45, 2.75) is 38.3 Å². The standard InChI is InChI=1S/C14H18ClNO2/c1-2-12(10-4-3-5-11(15)8-10)16-13(14(17)18)9-6-7-9/h3-5,8-9,12-13,16H,2,6-7H2,1H3,(H,17,18). The highest BCUT2D eigenvalue weighted by molar-refractivity contribution is 6.30. The Hall–Kier alpha value is -1.06. The number of carboxylic acid groups (broad SMARTS) is 1. The van der Waals surface area contributed by atoms with Crippen LogP contribution in [0, 0.1) is 5.92 Å². The Morgan fingerprint density at radius 2 is 2.28 bits per heavy atom. The van der Waals surface area contributed by atoms with E-state index in [-0.39, 0.29) is 12.0 Å². The SMILES string of the molecule is CCC(NC(C(=O)O)C1CC1)c1cccc(Cl)c1. The molecule has 18 heavy (non-hydrogen) atoms. The second-order valence-electron chi connectivity index (χ2n) is 4.84. The molecule has 0 bridgehead atoms. The lowest BCUT2D eigenvalue weighted by atomic mass is 10.0. The summed E-state index contributed by atoms with van der Waals surface area (Å²) in [6, 6.07) is 7.22. The number of aliphatic carboxylic acids is 1. The molecule has 0 heterocycles. The topological polar surface area (TPSA) is 49.3 Å². The van der Waals surface area contributed by atoms with E-state index in [2.05, 4.69) is 5.32 Å². The molecule has 0 aliphatic heterocycles. The average Bonchev–Trinajstić information content (AvgIpc) is 3.14. The van der Waals surface area contributed by atoms with E-state index >= 15 is 0 Å². The van der Waals surface area contributed by atoms with Crippen LogP contribution in [-0.2, 0) is 4.79 Å². The fourth-order valence-corrected chi connectivity index (χ4v) is 2.43. The van der Waals surface area contributed by atoms with Gasteiger partial charge in [0.1, 0.15) is 6.04 Å². The molecule has 0 aromatic heterocycles. The molecule has 1 aromatic rings. The Morgan fingerprint density at radius 1 is 1.56 bits per heavy atom. The van der Waals surface area contributed by atoms with Crippen molar-refractivity contribution in [3.8, 4) is 0 Å². The number of nitrogens with one attached hydrogen (secondary N) is 1. The van der Waals surface area contributed by atoms with Gasteiger partial charge in [0.05, 0.1) is 0 Å². The third-order valence-electron chi connectivity index (χ3n) is 3.40. The lowest BCUT2D eigenvalue weighted by Crippen LogP contribution is -2.40. The largest absolute Gasteiger partial charge is 0.480 e. The summed E-state index contributed by atoms with van der Waals surface area (Å²) in [7, 11) is 0. The molecule has 1 fully saturated rings. The number of carbonyl (C=O) groups is 1. The van der Waals surface area contributed by atoms with Crippen LogP contribution < -0.4 is 5.32 Å². The van der Waals surface area contributed by atoms with Crippen LogP contribution in [0.2, 0.25) is 5.02 Å². The molecular formula is C14H18ClNO2. The van der Waals surface area contributed by atoms with E-state index in [0.717, 1.165) is 24.8 Å². The van der Waals surface area contributed by atoms with Crippen LogP contribution in [0.1, 0.15) is 37.8 Å². The van der Waals surface area contributed by atoms with Gasteiger partial charge in [-0.25, -0.2) is 0 Å². The highest BCUT2D eigenvalue weighted by Crippen LogP contribution is 2.34. The molecular weight excluding hydrogens is 250 g/mol. The number of hydrogen-bond donors (Lipinski definition) is 2. The van der Waals surface area contributed by atoms with Crippen LogP contribution in [0.5, 0.6) is 0 Å². The molecule has 2 N–H and O–H groups in total. The molecule has 2 rings (SSSR count). The molecule has 1 saturated carbocycles. The first-order valence-electron chi connectivity index (χ1n) is 6.36. The smallest absolute Gasteiger partial charge is 0.320 e. The molecule has 0 amide bonds. The van der Waals surface area contributed by atoms with E-state index < -0.39 is 12.0 Å². The summed E-state index contributed by atoms with van der Waals surface area (Å²) in [5, 5.41) is 13.2. The lowest BCUT2D eigenvalue weighted by molar-refractivity contribution is -0.140. The van der Waals surface area contributed by atoms with Crippen LogP contribution in [-0.4, -0.2) is 17.1 Å². The van der Waals surface area contributed by atoms with Crippen LogP contribution in [0.4, 0.5) is 0 Å². The Balaban J connectivity index is 2.10. The molecule has 1 aliphatic rings. The molecule has 3 nitrogen and oxygen atoms in total. The van der Waals surface area contributed by atoms with Gasteiger partial charge in [-0.2, -0.15) is 0 Å². The number of hydrogen-bond acceptors (Lipinski definition) is 2. The van der Waals surface area contributed by atoms with E-state index in [4.69, 9.17) is 11.6 Å². The maximum absolute atomic E-state index is 11.2. The molecule has 1 aliphatic carbocycles. The van der Waals surface area contributed by atoms with Crippen molar-refractivity contribution >= 4 is 17.6 Å². The maximum atomic E-state index is 11.2. The van der Waals surface area contributed by atoms with Gasteiger partial charge < -0.3 is 5.11 Å². The number of rotatable bonds is 6. The zero-order valence-electron chi connectivity index (χ0n) is 10.4. The van der Waals surface area contributed by atoms with Crippen molar-refractivity contribution in [2.75, 3.05) is 0 Å². The second kappa shape index (κ2) is 5.72. The Bertz CT molecular complexity index is 432. The van der Waals surface area contributed by atoms with Crippen molar-refractivity contribution in [1.82, 2.24) is 5.32 Å². The van der Waals surface area contributed by atoms with Gasteiger partial charge in [-0.3, -0.25) is 10.1 Å².